The molecular formula is C8H32Ar. The largest absolute Gasteiger partial charge is 0.0776 e. The first kappa shape index (κ1) is 554. The van der Waals surface area contributed by atoms with Crippen molar-refractivity contribution >= 4 is 0 Å². The van der Waals surface area contributed by atoms with Crippen LogP contribution in [0.25, 0.3) is 0 Å². The zero-order valence-corrected chi connectivity index (χ0v) is 1.06. The fourth-order valence-electron chi connectivity index (χ4n) is 0. The van der Waals surface area contributed by atoms with Crippen LogP contribution in [-0.2, 0) is 0 Å². The monoisotopic (exact) mass is 168 g/mol. The molecule has 9 heavy (non-hydrogen) atoms. The summed E-state index contributed by atoms with van der Waals surface area (Å²) in [6, 6.07) is 0. The average Bonchev–Trinajstić information content (AvgIpc) is 0. The van der Waals surface area contributed by atoms with Gasteiger partial charge in [0.1, 0.15) is 0 Å². The van der Waals surface area contributed by atoms with Crippen molar-refractivity contribution in [1.29, 1.82) is 0 Å². The van der Waals surface area contributed by atoms with Crippen molar-refractivity contribution in [2.24, 2.45) is 0 Å². The van der Waals surface area contributed by atoms with E-state index in [9.17, 15) is 0 Å². The van der Waals surface area contributed by atoms with Crippen LogP contribution in [0.4, 0.5) is 0 Å². The Morgan fingerprint density at radius 3 is 0.222 bits per heavy atom. The van der Waals surface area contributed by atoms with Crippen molar-refractivity contribution in [3.8, 4) is 0 Å². The molecule has 0 aliphatic heterocycles. The van der Waals surface area contributed by atoms with Crippen LogP contribution in [0.15, 0.2) is 0 Å². The summed E-state index contributed by atoms with van der Waals surface area (Å²) in [5.41, 5.74) is 0. The van der Waals surface area contributed by atoms with E-state index >= 15 is 0 Å². The van der Waals surface area contributed by atoms with E-state index in [1.54, 1.807) is 0 Å². The van der Waals surface area contributed by atoms with Gasteiger partial charge in [0.25, 0.3) is 0 Å². The summed E-state index contributed by atoms with van der Waals surface area (Å²) in [7, 11) is 0. The molecular weight excluding hydrogens is 136 g/mol. The molecule has 0 fully saturated rings. The van der Waals surface area contributed by atoms with Crippen molar-refractivity contribution in [1.82, 2.24) is 0 Å². The van der Waals surface area contributed by atoms with Gasteiger partial charge in [0.2, 0.25) is 0 Å². The third-order valence-electron chi connectivity index (χ3n) is 0. The Labute approximate surface area is 96.5 Å². The Bertz CT molecular complexity index is 4.53. The van der Waals surface area contributed by atoms with E-state index in [1.807, 2.05) is 0 Å². The van der Waals surface area contributed by atoms with Crippen LogP contribution in [0.5, 0.6) is 0 Å². The predicted octanol–water partition coefficient (Wildman–Crippen LogP) is 5.09. The van der Waals surface area contributed by atoms with Gasteiger partial charge in [-0.2, -0.15) is 0 Å². The minimum Gasteiger partial charge on any atom is -0.0776 e. The maximum absolute atomic E-state index is 0. The van der Waals surface area contributed by atoms with Crippen LogP contribution in [0.2, 0.25) is 0 Å². The topological polar surface area (TPSA) is 0 Å². The Balaban J connectivity index is 0. The fourth-order valence-corrected chi connectivity index (χ4v) is 0. The van der Waals surface area contributed by atoms with Crippen LogP contribution >= 0.6 is 0 Å². The van der Waals surface area contributed by atoms with Gasteiger partial charge in [-0.15, -0.1) is 0 Å². The Morgan fingerprint density at radius 2 is 0.222 bits per heavy atom. The molecule has 0 bridgehead atoms. The van der Waals surface area contributed by atoms with Crippen LogP contribution in [-0.4, -0.2) is 0 Å². The molecule has 0 aromatic heterocycles. The van der Waals surface area contributed by atoms with Gasteiger partial charge in [-0.05, 0) is 0 Å². The summed E-state index contributed by atoms with van der Waals surface area (Å²) in [5, 5.41) is 0. The molecule has 0 aromatic rings. The molecule has 0 aliphatic carbocycles. The molecule has 0 saturated carbocycles. The van der Waals surface area contributed by atoms with Gasteiger partial charge >= 0.3 is 0 Å². The van der Waals surface area contributed by atoms with Crippen LogP contribution < -0.4 is 0 Å². The summed E-state index contributed by atoms with van der Waals surface area (Å²) in [4.78, 5) is 0. The molecule has 0 saturated heterocycles. The Morgan fingerprint density at radius 1 is 0.222 bits per heavy atom. The van der Waals surface area contributed by atoms with Crippen molar-refractivity contribution in [2.75, 3.05) is 0 Å². The van der Waals surface area contributed by atoms with E-state index < -0.39 is 0 Å². The van der Waals surface area contributed by atoms with Gasteiger partial charge in [0.05, 0.1) is 0 Å². The summed E-state index contributed by atoms with van der Waals surface area (Å²) < 4.78 is 0. The van der Waals surface area contributed by atoms with Gasteiger partial charge in [-0.1, -0.05) is 59.4 Å². The third-order valence-corrected chi connectivity index (χ3v) is 0. The van der Waals surface area contributed by atoms with Gasteiger partial charge < -0.3 is 0 Å². The van der Waals surface area contributed by atoms with E-state index in [2.05, 4.69) is 0 Å². The molecule has 0 aromatic carbocycles. The number of hydrogen-bond acceptors (Lipinski definition) is 0. The second kappa shape index (κ2) is 398. The number of hydrogen-bond donors (Lipinski definition) is 0. The fraction of sp³-hybridized carbons (Fsp3) is 1.00. The van der Waals surface area contributed by atoms with E-state index in [4.69, 9.17) is 0 Å². The van der Waals surface area contributed by atoms with E-state index in [-0.39, 0.29) is 97.2 Å². The molecule has 0 N–H and O–H groups in total. The Kier molecular flexibility index (Phi) is 24500. The number of rotatable bonds is 0. The van der Waals surface area contributed by atoms with Crippen LogP contribution in [0.1, 0.15) is 59.4 Å². The Hall–Kier alpha value is 1.26. The second-order valence-electron chi connectivity index (χ2n) is 0. The summed E-state index contributed by atoms with van der Waals surface area (Å²) in [6.45, 7) is 0. The normalized spacial score (nSPS) is 0. The van der Waals surface area contributed by atoms with Crippen molar-refractivity contribution in [3.05, 3.63) is 0 Å². The second-order valence-corrected chi connectivity index (χ2v) is 0. The first-order valence-corrected chi connectivity index (χ1v) is 0. The minimum atomic E-state index is 0. The molecule has 0 nitrogen and oxygen atoms in total. The molecule has 72 valence electrons. The van der Waals surface area contributed by atoms with Crippen molar-refractivity contribution in [2.45, 2.75) is 59.4 Å². The molecule has 0 atom stereocenters. The quantitative estimate of drug-likeness (QED) is 0.472. The first-order valence-electron chi connectivity index (χ1n) is 0. The summed E-state index contributed by atoms with van der Waals surface area (Å²) in [5.74, 6) is 0. The molecule has 0 heterocycles. The van der Waals surface area contributed by atoms with Crippen LogP contribution in [0.3, 0.4) is 0 Å². The predicted molar refractivity (Wildman–Crippen MR) is 53.8 cm³/mol. The average molecular weight is 168 g/mol. The van der Waals surface area contributed by atoms with Crippen molar-refractivity contribution < 1.29 is 37.7 Å². The minimum absolute atomic E-state index is 0. The van der Waals surface area contributed by atoms with Gasteiger partial charge in [0, 0.05) is 37.7 Å². The van der Waals surface area contributed by atoms with Crippen LogP contribution in [0, 0.1) is 37.7 Å². The van der Waals surface area contributed by atoms with Gasteiger partial charge in [-0.25, -0.2) is 0 Å². The van der Waals surface area contributed by atoms with E-state index in [0.717, 1.165) is 0 Å². The molecule has 0 amide bonds. The summed E-state index contributed by atoms with van der Waals surface area (Å²) in [6.07, 6.45) is 0. The zero-order valence-electron chi connectivity index (χ0n) is 0.354. The van der Waals surface area contributed by atoms with E-state index in [1.165, 1.54) is 0 Å². The molecule has 1 heteroatoms. The zero-order chi connectivity index (χ0) is 0. The SMILES string of the molecule is C.C.C.C.C.C.C.C.[Ar]. The molecule has 0 spiro atoms. The molecule has 0 unspecified atom stereocenters. The third kappa shape index (κ3) is 308. The smallest absolute Gasteiger partial charge is 0 e. The maximum atomic E-state index is 0. The van der Waals surface area contributed by atoms with Gasteiger partial charge in [0.15, 0.2) is 0 Å². The molecule has 0 rings (SSSR count). The first-order chi connectivity index (χ1) is 0. The standard InChI is InChI=1S/8CH4.Ar/h8*1H4;. The maximum Gasteiger partial charge on any atom is 0 e. The van der Waals surface area contributed by atoms with E-state index in [0.29, 0.717) is 0 Å². The van der Waals surface area contributed by atoms with Gasteiger partial charge in [-0.3, -0.25) is 0 Å². The molecule has 0 radical (unpaired) electrons. The summed E-state index contributed by atoms with van der Waals surface area (Å²) >= 11 is 0. The molecule has 0 aliphatic rings. The van der Waals surface area contributed by atoms with Crippen molar-refractivity contribution in [3.63, 3.8) is 0 Å².